The maximum atomic E-state index is 13.6. The molecule has 7 aromatic rings. The van der Waals surface area contributed by atoms with Crippen molar-refractivity contribution in [2.24, 2.45) is 23.1 Å². The van der Waals surface area contributed by atoms with Gasteiger partial charge in [0.2, 0.25) is 41.2 Å². The Labute approximate surface area is 437 Å². The molecule has 76 heavy (non-hydrogen) atoms. The summed E-state index contributed by atoms with van der Waals surface area (Å²) in [6.45, 7) is 9.29. The highest BCUT2D eigenvalue weighted by Gasteiger charge is 2.40. The average molecular weight is 1060 g/mol. The number of thioether (sulfide) groups is 1. The number of carboxylic acid groups (broad SMARTS) is 1. The molecule has 396 valence electrons. The van der Waals surface area contributed by atoms with Crippen molar-refractivity contribution >= 4 is 92.2 Å². The molecule has 2 atom stereocenters. The first-order valence-corrected chi connectivity index (χ1v) is 25.6. The smallest absolute Gasteiger partial charge is 0.321 e. The summed E-state index contributed by atoms with van der Waals surface area (Å²) in [5.41, 5.74) is 21.1. The molecule has 6 amide bonds. The SMILES string of the molecule is CCc1nc(C)oc1C(=O)Nc1nc2cc(C(N)=O)cnc2n1C/C=C/Cn1c2nc(-c3cc(C)nn3CC)ncc2c2cc(C(N)=O)cc(OCCC3CN(C(=O)CCN4C(=O)CC(SC[C@H](N)C(=O)O)C4=O)C3)c21. The summed E-state index contributed by atoms with van der Waals surface area (Å²) in [6.07, 6.45) is 7.64. The summed E-state index contributed by atoms with van der Waals surface area (Å²) in [7, 11) is 0. The fraction of sp³-hybridized carbons (Fsp3) is 0.380. The van der Waals surface area contributed by atoms with E-state index in [1.54, 1.807) is 34.7 Å². The van der Waals surface area contributed by atoms with Gasteiger partial charge in [-0.25, -0.2) is 24.9 Å². The van der Waals surface area contributed by atoms with Crippen LogP contribution in [0.5, 0.6) is 5.75 Å². The Morgan fingerprint density at radius 1 is 0.934 bits per heavy atom. The Kier molecular flexibility index (Phi) is 15.0. The van der Waals surface area contributed by atoms with Crippen LogP contribution >= 0.6 is 11.8 Å². The molecule has 0 spiro atoms. The van der Waals surface area contributed by atoms with Crippen molar-refractivity contribution in [1.82, 2.24) is 53.6 Å². The largest absolute Gasteiger partial charge is 0.491 e. The standard InChI is InChI=1S/C50H55N15O10S/c1-5-33-41(75-26(4)56-33)47(70)59-50-57-34-17-29(43(53)69)20-55-46(34)64(50)12-8-7-11-63-40-30(31-21-54-44(58-45(31)63)35-15-25(3)60-65(35)6-2)16-28(42(52)68)18-36(40)74-14-10-27-22-61(23-27)38(66)9-13-62-39(67)19-37(48(62)71)76-24-32(51)49(72)73/h7-8,15-18,20-21,27,32,37H,5-6,9-14,19,22-24,51H2,1-4H3,(H2,52,68)(H2,53,69)(H,72,73)(H,57,59,70)/b8-7+/t32-,37?/m0/s1. The van der Waals surface area contributed by atoms with Crippen molar-refractivity contribution in [3.05, 3.63) is 83.0 Å². The molecule has 8 N–H and O–H groups in total. The van der Waals surface area contributed by atoms with Gasteiger partial charge in [-0.2, -0.15) is 5.10 Å². The van der Waals surface area contributed by atoms with Gasteiger partial charge < -0.3 is 40.9 Å². The average Bonchev–Trinajstić information content (AvgIpc) is 4.20. The fourth-order valence-electron chi connectivity index (χ4n) is 9.27. The number of carbonyl (C=O) groups is 7. The summed E-state index contributed by atoms with van der Waals surface area (Å²) >= 11 is 1.02. The molecule has 8 heterocycles. The number of benzene rings is 1. The number of oxazole rings is 1. The first-order chi connectivity index (χ1) is 36.4. The number of aromatic nitrogens is 9. The molecule has 2 aliphatic heterocycles. The number of ether oxygens (including phenoxy) is 1. The van der Waals surface area contributed by atoms with Crippen LogP contribution in [0.4, 0.5) is 5.95 Å². The normalized spacial score (nSPS) is 15.4. The number of anilines is 1. The number of carboxylic acids is 1. The van der Waals surface area contributed by atoms with E-state index < -0.39 is 46.8 Å². The Morgan fingerprint density at radius 2 is 1.68 bits per heavy atom. The monoisotopic (exact) mass is 1060 g/mol. The lowest BCUT2D eigenvalue weighted by Gasteiger charge is -2.39. The van der Waals surface area contributed by atoms with Crippen LogP contribution in [0.2, 0.25) is 0 Å². The van der Waals surface area contributed by atoms with E-state index in [4.69, 9.17) is 41.4 Å². The van der Waals surface area contributed by atoms with Crippen molar-refractivity contribution in [1.29, 1.82) is 0 Å². The van der Waals surface area contributed by atoms with E-state index in [9.17, 15) is 33.6 Å². The van der Waals surface area contributed by atoms with Gasteiger partial charge in [-0.3, -0.25) is 53.0 Å². The number of pyridine rings is 1. The highest BCUT2D eigenvalue weighted by molar-refractivity contribution is 8.00. The predicted molar refractivity (Wildman–Crippen MR) is 277 cm³/mol. The molecular formula is C50H55N15O10S. The third kappa shape index (κ3) is 10.6. The Morgan fingerprint density at radius 3 is 2.39 bits per heavy atom. The summed E-state index contributed by atoms with van der Waals surface area (Å²) in [4.78, 5) is 114. The minimum atomic E-state index is -1.20. The molecule has 26 heteroatoms. The molecule has 25 nitrogen and oxygen atoms in total. The lowest BCUT2D eigenvalue weighted by atomic mass is 9.96. The van der Waals surface area contributed by atoms with E-state index in [0.717, 1.165) is 22.4 Å². The molecule has 2 aliphatic rings. The van der Waals surface area contributed by atoms with Crippen LogP contribution in [0.1, 0.15) is 81.7 Å². The van der Waals surface area contributed by atoms with Crippen LogP contribution in [0.3, 0.4) is 0 Å². The number of amides is 6. The van der Waals surface area contributed by atoms with Crippen LogP contribution < -0.4 is 27.3 Å². The fourth-order valence-corrected chi connectivity index (χ4v) is 10.4. The van der Waals surface area contributed by atoms with E-state index in [0.29, 0.717) is 94.4 Å². The molecule has 1 unspecified atom stereocenters. The summed E-state index contributed by atoms with van der Waals surface area (Å²) in [5.74, 6) is -2.90. The topological polar surface area (TPSA) is 351 Å². The number of imide groups is 1. The number of likely N-dealkylation sites (tertiary alicyclic amines) is 2. The van der Waals surface area contributed by atoms with E-state index >= 15 is 0 Å². The number of primary amides is 2. The third-order valence-corrected chi connectivity index (χ3v) is 14.5. The number of fused-ring (bicyclic) bond motifs is 4. The molecule has 9 rings (SSSR count). The second-order valence-corrected chi connectivity index (χ2v) is 19.7. The zero-order chi connectivity index (χ0) is 54.1. The Bertz CT molecular complexity index is 3520. The van der Waals surface area contributed by atoms with Gasteiger partial charge in [0.1, 0.15) is 28.6 Å². The summed E-state index contributed by atoms with van der Waals surface area (Å²) < 4.78 is 17.6. The maximum Gasteiger partial charge on any atom is 0.321 e. The van der Waals surface area contributed by atoms with Crippen LogP contribution in [0.25, 0.3) is 44.6 Å². The number of allylic oxidation sites excluding steroid dienone is 2. The van der Waals surface area contributed by atoms with E-state index in [2.05, 4.69) is 25.4 Å². The first-order valence-electron chi connectivity index (χ1n) is 24.5. The van der Waals surface area contributed by atoms with Crippen LogP contribution in [0, 0.1) is 19.8 Å². The number of nitrogens with one attached hydrogen (secondary N) is 1. The van der Waals surface area contributed by atoms with E-state index in [-0.39, 0.29) is 79.5 Å². The maximum absolute atomic E-state index is 13.6. The number of hydrogen-bond acceptors (Lipinski definition) is 17. The summed E-state index contributed by atoms with van der Waals surface area (Å²) in [6, 6.07) is 5.50. The van der Waals surface area contributed by atoms with Crippen LogP contribution in [0.15, 0.2) is 53.2 Å². The van der Waals surface area contributed by atoms with Crippen molar-refractivity contribution < 1.29 is 47.8 Å². The molecule has 2 fully saturated rings. The molecule has 2 saturated heterocycles. The molecule has 6 aromatic heterocycles. The van der Waals surface area contributed by atoms with Gasteiger partial charge in [-0.15, -0.1) is 11.8 Å². The molecule has 0 bridgehead atoms. The zero-order valence-corrected chi connectivity index (χ0v) is 42.8. The van der Waals surface area contributed by atoms with Crippen molar-refractivity contribution in [3.8, 4) is 17.3 Å². The minimum Gasteiger partial charge on any atom is -0.491 e. The molecule has 0 aliphatic carbocycles. The van der Waals surface area contributed by atoms with Crippen molar-refractivity contribution in [2.45, 2.75) is 84.3 Å². The zero-order valence-electron chi connectivity index (χ0n) is 42.0. The predicted octanol–water partition coefficient (Wildman–Crippen LogP) is 2.98. The van der Waals surface area contributed by atoms with Gasteiger partial charge >= 0.3 is 5.97 Å². The van der Waals surface area contributed by atoms with Gasteiger partial charge in [0.25, 0.3) is 5.91 Å². The molecule has 0 radical (unpaired) electrons. The van der Waals surface area contributed by atoms with E-state index in [1.807, 2.05) is 48.2 Å². The number of rotatable bonds is 22. The number of carbonyl (C=O) groups excluding carboxylic acids is 6. The Balaban J connectivity index is 0.956. The van der Waals surface area contributed by atoms with Gasteiger partial charge in [-0.1, -0.05) is 19.1 Å². The number of hydrogen-bond donors (Lipinski definition) is 5. The minimum absolute atomic E-state index is 0.0271. The van der Waals surface area contributed by atoms with E-state index in [1.165, 1.54) is 12.3 Å². The first kappa shape index (κ1) is 52.3. The van der Waals surface area contributed by atoms with Gasteiger partial charge in [0, 0.05) is 93.5 Å². The molecule has 0 saturated carbocycles. The number of nitrogens with zero attached hydrogens (tertiary/aromatic N) is 11. The molecular weight excluding hydrogens is 1000 g/mol. The highest BCUT2D eigenvalue weighted by atomic mass is 32.2. The van der Waals surface area contributed by atoms with Gasteiger partial charge in [0.15, 0.2) is 17.4 Å². The Hall–Kier alpha value is -8.52. The van der Waals surface area contributed by atoms with Crippen LogP contribution in [-0.2, 0) is 45.2 Å². The van der Waals surface area contributed by atoms with Crippen molar-refractivity contribution in [2.75, 3.05) is 37.3 Å². The second-order valence-electron chi connectivity index (χ2n) is 18.4. The second kappa shape index (κ2) is 21.7. The highest BCUT2D eigenvalue weighted by Crippen LogP contribution is 2.37. The van der Waals surface area contributed by atoms with Crippen LogP contribution in [-0.4, -0.2) is 143 Å². The lowest BCUT2D eigenvalue weighted by Crippen LogP contribution is -2.51. The number of aryl methyl sites for hydroxylation is 4. The summed E-state index contributed by atoms with van der Waals surface area (Å²) in [5, 5.41) is 17.0. The number of nitrogens with two attached hydrogens (primary N) is 3. The number of aliphatic carboxylic acids is 1. The quantitative estimate of drug-likeness (QED) is 0.0481. The van der Waals surface area contributed by atoms with Gasteiger partial charge in [0.05, 0.1) is 34.3 Å². The van der Waals surface area contributed by atoms with Crippen molar-refractivity contribution in [3.63, 3.8) is 0 Å². The molecule has 1 aromatic carbocycles. The lowest BCUT2D eigenvalue weighted by molar-refractivity contribution is -0.142. The van der Waals surface area contributed by atoms with Gasteiger partial charge in [-0.05, 0) is 56.9 Å². The number of imidazole rings is 1. The third-order valence-electron chi connectivity index (χ3n) is 13.2.